The van der Waals surface area contributed by atoms with Crippen molar-refractivity contribution in [3.63, 3.8) is 0 Å². The number of rotatable bonds is 6. The van der Waals surface area contributed by atoms with E-state index in [1.54, 1.807) is 18.2 Å². The molecule has 0 unspecified atom stereocenters. The van der Waals surface area contributed by atoms with Crippen LogP contribution in [0.25, 0.3) is 0 Å². The number of aldehydes is 1. The highest BCUT2D eigenvalue weighted by molar-refractivity contribution is 6.29. The predicted molar refractivity (Wildman–Crippen MR) is 93.0 cm³/mol. The lowest BCUT2D eigenvalue weighted by Gasteiger charge is -2.35. The lowest BCUT2D eigenvalue weighted by atomic mass is 10.2. The van der Waals surface area contributed by atoms with Crippen LogP contribution in [0.2, 0.25) is 5.15 Å². The Morgan fingerprint density at radius 1 is 1.04 bits per heavy atom. The van der Waals surface area contributed by atoms with Gasteiger partial charge in [-0.2, -0.15) is 0 Å². The Morgan fingerprint density at radius 2 is 1.79 bits per heavy atom. The molecule has 24 heavy (non-hydrogen) atoms. The molecule has 1 aliphatic rings. The zero-order chi connectivity index (χ0) is 16.8. The average Bonchev–Trinajstić information content (AvgIpc) is 2.64. The number of ether oxygens (including phenoxy) is 1. The van der Waals surface area contributed by atoms with Crippen LogP contribution in [0.15, 0.2) is 36.4 Å². The highest BCUT2D eigenvalue weighted by Crippen LogP contribution is 2.15. The van der Waals surface area contributed by atoms with Crippen molar-refractivity contribution < 1.29 is 9.53 Å². The second-order valence-electron chi connectivity index (χ2n) is 5.58. The summed E-state index contributed by atoms with van der Waals surface area (Å²) in [6.07, 6.45) is 0.828. The van der Waals surface area contributed by atoms with Crippen molar-refractivity contribution >= 4 is 23.7 Å². The van der Waals surface area contributed by atoms with Crippen molar-refractivity contribution in [2.75, 3.05) is 44.2 Å². The minimum absolute atomic E-state index is 0.413. The number of nitrogens with zero attached hydrogens (tertiary/aromatic N) is 4. The topological polar surface area (TPSA) is 58.6 Å². The molecular formula is C17H19ClN4O2. The van der Waals surface area contributed by atoms with Crippen molar-refractivity contribution in [1.82, 2.24) is 15.1 Å². The number of benzene rings is 1. The first-order valence-corrected chi connectivity index (χ1v) is 8.27. The number of hydrogen-bond acceptors (Lipinski definition) is 6. The van der Waals surface area contributed by atoms with Gasteiger partial charge in [0.1, 0.15) is 18.6 Å². The lowest BCUT2D eigenvalue weighted by molar-refractivity contribution is 0.112. The fourth-order valence-corrected chi connectivity index (χ4v) is 2.71. The summed E-state index contributed by atoms with van der Waals surface area (Å²) in [6, 6.07) is 10.8. The predicted octanol–water partition coefficient (Wildman–Crippen LogP) is 2.14. The number of piperazine rings is 1. The second-order valence-corrected chi connectivity index (χ2v) is 5.97. The van der Waals surface area contributed by atoms with E-state index in [4.69, 9.17) is 16.3 Å². The molecule has 0 aliphatic carbocycles. The number of halogens is 1. The fourth-order valence-electron chi connectivity index (χ4n) is 2.61. The smallest absolute Gasteiger partial charge is 0.151 e. The summed E-state index contributed by atoms with van der Waals surface area (Å²) in [7, 11) is 0. The summed E-state index contributed by atoms with van der Waals surface area (Å²) < 4.78 is 5.72. The molecule has 1 saturated heterocycles. The fraction of sp³-hybridized carbons (Fsp3) is 0.353. The molecule has 0 amide bonds. The molecule has 0 atom stereocenters. The molecular weight excluding hydrogens is 328 g/mol. The summed E-state index contributed by atoms with van der Waals surface area (Å²) in [5.74, 6) is 1.65. The molecule has 1 aliphatic heterocycles. The third-order valence-electron chi connectivity index (χ3n) is 4.01. The van der Waals surface area contributed by atoms with Gasteiger partial charge >= 0.3 is 0 Å². The summed E-state index contributed by atoms with van der Waals surface area (Å²) in [5, 5.41) is 8.42. The van der Waals surface area contributed by atoms with Gasteiger partial charge in [0.05, 0.1) is 0 Å². The van der Waals surface area contributed by atoms with E-state index in [0.29, 0.717) is 17.3 Å². The Hall–Kier alpha value is -2.18. The second kappa shape index (κ2) is 8.08. The molecule has 0 N–H and O–H groups in total. The SMILES string of the molecule is O=Cc1ccc(OCCN2CCN(c3ccc(Cl)nn3)CC2)cc1. The molecule has 0 spiro atoms. The van der Waals surface area contributed by atoms with E-state index in [2.05, 4.69) is 20.0 Å². The Bertz CT molecular complexity index is 655. The van der Waals surface area contributed by atoms with Crippen LogP contribution in [0.1, 0.15) is 10.4 Å². The Balaban J connectivity index is 1.40. The monoisotopic (exact) mass is 346 g/mol. The Labute approximate surface area is 146 Å². The molecule has 7 heteroatoms. The minimum Gasteiger partial charge on any atom is -0.492 e. The molecule has 2 aromatic rings. The maximum absolute atomic E-state index is 10.6. The first-order chi connectivity index (χ1) is 11.7. The number of hydrogen-bond donors (Lipinski definition) is 0. The van der Waals surface area contributed by atoms with Gasteiger partial charge in [-0.15, -0.1) is 10.2 Å². The largest absolute Gasteiger partial charge is 0.492 e. The maximum atomic E-state index is 10.6. The Kier molecular flexibility index (Phi) is 5.61. The van der Waals surface area contributed by atoms with E-state index in [1.165, 1.54) is 0 Å². The van der Waals surface area contributed by atoms with Crippen LogP contribution in [-0.4, -0.2) is 60.7 Å². The van der Waals surface area contributed by atoms with Crippen molar-refractivity contribution in [2.24, 2.45) is 0 Å². The van der Waals surface area contributed by atoms with Crippen molar-refractivity contribution in [3.8, 4) is 5.75 Å². The van der Waals surface area contributed by atoms with E-state index in [1.807, 2.05) is 18.2 Å². The van der Waals surface area contributed by atoms with Crippen LogP contribution in [0.4, 0.5) is 5.82 Å². The third kappa shape index (κ3) is 4.43. The first-order valence-electron chi connectivity index (χ1n) is 7.89. The van der Waals surface area contributed by atoms with Gasteiger partial charge in [0.2, 0.25) is 0 Å². The highest BCUT2D eigenvalue weighted by atomic mass is 35.5. The highest BCUT2D eigenvalue weighted by Gasteiger charge is 2.18. The van der Waals surface area contributed by atoms with Gasteiger partial charge in [-0.25, -0.2) is 0 Å². The zero-order valence-electron chi connectivity index (χ0n) is 13.3. The zero-order valence-corrected chi connectivity index (χ0v) is 14.0. The van der Waals surface area contributed by atoms with Gasteiger partial charge in [-0.05, 0) is 36.4 Å². The molecule has 126 valence electrons. The van der Waals surface area contributed by atoms with E-state index in [9.17, 15) is 4.79 Å². The van der Waals surface area contributed by atoms with E-state index in [-0.39, 0.29) is 0 Å². The number of carbonyl (C=O) groups is 1. The molecule has 0 radical (unpaired) electrons. The number of anilines is 1. The standard InChI is InChI=1S/C17H19ClN4O2/c18-16-5-6-17(20-19-16)22-9-7-21(8-10-22)11-12-24-15-3-1-14(13-23)2-4-15/h1-6,13H,7-12H2. The van der Waals surface area contributed by atoms with Crippen LogP contribution in [0.5, 0.6) is 5.75 Å². The molecule has 0 saturated carbocycles. The molecule has 2 heterocycles. The van der Waals surface area contributed by atoms with Gasteiger partial charge in [0.25, 0.3) is 0 Å². The third-order valence-corrected chi connectivity index (χ3v) is 4.21. The normalized spacial score (nSPS) is 15.3. The van der Waals surface area contributed by atoms with E-state index >= 15 is 0 Å². The van der Waals surface area contributed by atoms with Crippen molar-refractivity contribution in [3.05, 3.63) is 47.1 Å². The van der Waals surface area contributed by atoms with Gasteiger partial charge in [0, 0.05) is 38.3 Å². The van der Waals surface area contributed by atoms with Crippen LogP contribution in [0.3, 0.4) is 0 Å². The number of carbonyl (C=O) groups excluding carboxylic acids is 1. The van der Waals surface area contributed by atoms with Crippen molar-refractivity contribution in [1.29, 1.82) is 0 Å². The van der Waals surface area contributed by atoms with Gasteiger partial charge < -0.3 is 9.64 Å². The molecule has 1 aromatic heterocycles. The summed E-state index contributed by atoms with van der Waals surface area (Å²) >= 11 is 5.77. The maximum Gasteiger partial charge on any atom is 0.151 e. The van der Waals surface area contributed by atoms with Gasteiger partial charge in [-0.1, -0.05) is 11.6 Å². The van der Waals surface area contributed by atoms with Gasteiger partial charge in [-0.3, -0.25) is 9.69 Å². The van der Waals surface area contributed by atoms with Crippen LogP contribution in [0, 0.1) is 0 Å². The molecule has 0 bridgehead atoms. The summed E-state index contributed by atoms with van der Waals surface area (Å²) in [4.78, 5) is 15.2. The van der Waals surface area contributed by atoms with E-state index < -0.39 is 0 Å². The Morgan fingerprint density at radius 3 is 2.42 bits per heavy atom. The van der Waals surface area contributed by atoms with Crippen LogP contribution < -0.4 is 9.64 Å². The molecule has 1 fully saturated rings. The molecule has 3 rings (SSSR count). The average molecular weight is 347 g/mol. The summed E-state index contributed by atoms with van der Waals surface area (Å²) in [5.41, 5.74) is 0.656. The van der Waals surface area contributed by atoms with Crippen LogP contribution in [-0.2, 0) is 0 Å². The van der Waals surface area contributed by atoms with E-state index in [0.717, 1.165) is 50.6 Å². The van der Waals surface area contributed by atoms with Crippen molar-refractivity contribution in [2.45, 2.75) is 0 Å². The lowest BCUT2D eigenvalue weighted by Crippen LogP contribution is -2.47. The minimum atomic E-state index is 0.413. The molecule has 6 nitrogen and oxygen atoms in total. The molecule has 1 aromatic carbocycles. The summed E-state index contributed by atoms with van der Waals surface area (Å²) in [6.45, 7) is 5.22. The first kappa shape index (κ1) is 16.7. The number of aromatic nitrogens is 2. The van der Waals surface area contributed by atoms with Crippen LogP contribution >= 0.6 is 11.6 Å². The quantitative estimate of drug-likeness (QED) is 0.747. The van der Waals surface area contributed by atoms with Gasteiger partial charge in [0.15, 0.2) is 11.0 Å².